The predicted octanol–water partition coefficient (Wildman–Crippen LogP) is 2.20. The van der Waals surface area contributed by atoms with E-state index in [9.17, 15) is 27.9 Å². The summed E-state index contributed by atoms with van der Waals surface area (Å²) < 4.78 is 42.0. The molecule has 168 valence electrons. The first-order valence-corrected chi connectivity index (χ1v) is 10.5. The number of carbonyl (C=O) groups is 2. The number of aliphatic hydroxyl groups is 1. The fraction of sp³-hybridized carbons (Fsp3) is 0.750. The van der Waals surface area contributed by atoms with Gasteiger partial charge in [-0.15, -0.1) is 0 Å². The Morgan fingerprint density at radius 1 is 1.07 bits per heavy atom. The van der Waals surface area contributed by atoms with E-state index in [4.69, 9.17) is 0 Å². The minimum Gasteiger partial charge on any atom is -0.374 e. The third-order valence-electron chi connectivity index (χ3n) is 6.18. The SMILES string of the molecule is Cn1ccnc1C(O)(CC(=O)N1CCC(C(=O)N2CCCCCC2)CC1)C(F)(F)F. The number of piperidine rings is 1. The second kappa shape index (κ2) is 8.95. The molecule has 1 aromatic heterocycles. The lowest BCUT2D eigenvalue weighted by molar-refractivity contribution is -0.272. The van der Waals surface area contributed by atoms with E-state index in [0.717, 1.165) is 49.5 Å². The number of halogens is 3. The van der Waals surface area contributed by atoms with Crippen molar-refractivity contribution in [1.82, 2.24) is 19.4 Å². The molecule has 1 aromatic rings. The molecule has 1 N–H and O–H groups in total. The van der Waals surface area contributed by atoms with E-state index in [-0.39, 0.29) is 24.9 Å². The van der Waals surface area contributed by atoms with E-state index in [2.05, 4.69) is 4.98 Å². The maximum atomic E-state index is 13.7. The number of imidazole rings is 1. The number of carbonyl (C=O) groups excluding carboxylic acids is 2. The van der Waals surface area contributed by atoms with E-state index < -0.39 is 29.9 Å². The number of rotatable bonds is 4. The van der Waals surface area contributed by atoms with Crippen molar-refractivity contribution in [3.8, 4) is 0 Å². The molecule has 2 aliphatic rings. The van der Waals surface area contributed by atoms with Gasteiger partial charge in [-0.3, -0.25) is 9.59 Å². The topological polar surface area (TPSA) is 78.7 Å². The largest absolute Gasteiger partial charge is 0.425 e. The lowest BCUT2D eigenvalue weighted by atomic mass is 9.92. The van der Waals surface area contributed by atoms with Crippen LogP contribution in [0.4, 0.5) is 13.2 Å². The summed E-state index contributed by atoms with van der Waals surface area (Å²) in [5.74, 6) is -1.53. The molecule has 3 rings (SSSR count). The van der Waals surface area contributed by atoms with Gasteiger partial charge >= 0.3 is 6.18 Å². The van der Waals surface area contributed by atoms with Gasteiger partial charge in [0.1, 0.15) is 0 Å². The van der Waals surface area contributed by atoms with Gasteiger partial charge < -0.3 is 19.5 Å². The third kappa shape index (κ3) is 4.63. The molecule has 0 radical (unpaired) electrons. The Kier molecular flexibility index (Phi) is 6.74. The molecule has 1 atom stereocenters. The van der Waals surface area contributed by atoms with Crippen molar-refractivity contribution in [2.75, 3.05) is 26.2 Å². The zero-order valence-corrected chi connectivity index (χ0v) is 17.2. The highest BCUT2D eigenvalue weighted by Gasteiger charge is 2.59. The van der Waals surface area contributed by atoms with Crippen LogP contribution in [0.15, 0.2) is 12.4 Å². The van der Waals surface area contributed by atoms with Crippen molar-refractivity contribution in [2.45, 2.75) is 56.7 Å². The van der Waals surface area contributed by atoms with Crippen LogP contribution in [0.2, 0.25) is 0 Å². The molecule has 2 amide bonds. The number of hydrogen-bond acceptors (Lipinski definition) is 4. The average molecular weight is 430 g/mol. The van der Waals surface area contributed by atoms with Gasteiger partial charge in [-0.2, -0.15) is 13.2 Å². The van der Waals surface area contributed by atoms with Crippen molar-refractivity contribution >= 4 is 11.8 Å². The number of likely N-dealkylation sites (tertiary alicyclic amines) is 2. The summed E-state index contributed by atoms with van der Waals surface area (Å²) in [5.41, 5.74) is -3.36. The zero-order valence-electron chi connectivity index (χ0n) is 17.2. The van der Waals surface area contributed by atoms with Crippen LogP contribution in [0.25, 0.3) is 0 Å². The Balaban J connectivity index is 1.61. The number of alkyl halides is 3. The Morgan fingerprint density at radius 2 is 1.67 bits per heavy atom. The molecular weight excluding hydrogens is 401 g/mol. The minimum atomic E-state index is -5.05. The van der Waals surface area contributed by atoms with E-state index in [1.165, 1.54) is 18.1 Å². The van der Waals surface area contributed by atoms with Gasteiger partial charge in [0.05, 0.1) is 6.42 Å². The van der Waals surface area contributed by atoms with Gasteiger partial charge in [0, 0.05) is 51.5 Å². The Bertz CT molecular complexity index is 751. The summed E-state index contributed by atoms with van der Waals surface area (Å²) in [6, 6.07) is 0. The molecule has 0 aromatic carbocycles. The van der Waals surface area contributed by atoms with Crippen LogP contribution in [-0.4, -0.2) is 68.6 Å². The molecule has 0 spiro atoms. The average Bonchev–Trinajstić information content (AvgIpc) is 2.96. The number of aryl methyl sites for hydroxylation is 1. The fourth-order valence-electron chi connectivity index (χ4n) is 4.33. The van der Waals surface area contributed by atoms with E-state index in [1.54, 1.807) is 0 Å². The first-order chi connectivity index (χ1) is 14.1. The number of nitrogens with zero attached hydrogens (tertiary/aromatic N) is 4. The first-order valence-electron chi connectivity index (χ1n) is 10.5. The van der Waals surface area contributed by atoms with Crippen molar-refractivity contribution in [3.05, 3.63) is 18.2 Å². The Morgan fingerprint density at radius 3 is 2.17 bits per heavy atom. The maximum Gasteiger partial charge on any atom is 0.425 e. The van der Waals surface area contributed by atoms with Crippen LogP contribution in [0, 0.1) is 5.92 Å². The molecular formula is C20H29F3N4O3. The second-order valence-corrected chi connectivity index (χ2v) is 8.29. The number of aromatic nitrogens is 2. The molecule has 2 fully saturated rings. The molecule has 30 heavy (non-hydrogen) atoms. The number of amides is 2. The Hall–Kier alpha value is -2.10. The van der Waals surface area contributed by atoms with Gasteiger partial charge in [0.25, 0.3) is 0 Å². The fourth-order valence-corrected chi connectivity index (χ4v) is 4.33. The smallest absolute Gasteiger partial charge is 0.374 e. The van der Waals surface area contributed by atoms with E-state index in [1.807, 2.05) is 4.90 Å². The molecule has 2 aliphatic heterocycles. The molecule has 0 bridgehead atoms. The highest BCUT2D eigenvalue weighted by Crippen LogP contribution is 2.41. The van der Waals surface area contributed by atoms with Crippen molar-refractivity contribution in [3.63, 3.8) is 0 Å². The number of hydrogen-bond donors (Lipinski definition) is 1. The van der Waals surface area contributed by atoms with Crippen molar-refractivity contribution in [1.29, 1.82) is 0 Å². The normalized spacial score (nSPS) is 21.2. The maximum absolute atomic E-state index is 13.7. The summed E-state index contributed by atoms with van der Waals surface area (Å²) in [5, 5.41) is 10.4. The van der Waals surface area contributed by atoms with Crippen LogP contribution < -0.4 is 0 Å². The molecule has 1 unspecified atom stereocenters. The minimum absolute atomic E-state index is 0.0869. The summed E-state index contributed by atoms with van der Waals surface area (Å²) in [6.07, 6.45) is 1.33. The lowest BCUT2D eigenvalue weighted by Gasteiger charge is -2.36. The zero-order chi connectivity index (χ0) is 21.9. The van der Waals surface area contributed by atoms with Crippen molar-refractivity contribution < 1.29 is 27.9 Å². The van der Waals surface area contributed by atoms with Crippen molar-refractivity contribution in [2.24, 2.45) is 13.0 Å². The van der Waals surface area contributed by atoms with Gasteiger partial charge in [0.15, 0.2) is 5.82 Å². The molecule has 2 saturated heterocycles. The Labute approximate surface area is 173 Å². The molecule has 3 heterocycles. The molecule has 0 saturated carbocycles. The van der Waals surface area contributed by atoms with E-state index >= 15 is 0 Å². The molecule has 7 nitrogen and oxygen atoms in total. The van der Waals surface area contributed by atoms with Crippen LogP contribution in [0.3, 0.4) is 0 Å². The summed E-state index contributed by atoms with van der Waals surface area (Å²) in [4.78, 5) is 32.2. The highest BCUT2D eigenvalue weighted by molar-refractivity contribution is 5.80. The standard InChI is InChI=1S/C20H29F3N4O3/c1-25-13-8-24-18(25)19(30,20(21,22)23)14-16(28)26-11-6-15(7-12-26)17(29)27-9-4-2-3-5-10-27/h8,13,15,30H,2-7,9-12,14H2,1H3. The van der Waals surface area contributed by atoms with Crippen LogP contribution >= 0.6 is 0 Å². The van der Waals surface area contributed by atoms with Crippen LogP contribution in [-0.2, 0) is 22.2 Å². The molecule has 0 aliphatic carbocycles. The van der Waals surface area contributed by atoms with Gasteiger partial charge in [-0.25, -0.2) is 4.98 Å². The third-order valence-corrected chi connectivity index (χ3v) is 6.18. The first kappa shape index (κ1) is 22.6. The molecule has 10 heteroatoms. The van der Waals surface area contributed by atoms with E-state index in [0.29, 0.717) is 12.8 Å². The van der Waals surface area contributed by atoms with Gasteiger partial charge in [-0.05, 0) is 25.7 Å². The second-order valence-electron chi connectivity index (χ2n) is 8.29. The quantitative estimate of drug-likeness (QED) is 0.795. The summed E-state index contributed by atoms with van der Waals surface area (Å²) in [7, 11) is 1.34. The summed E-state index contributed by atoms with van der Waals surface area (Å²) >= 11 is 0. The lowest BCUT2D eigenvalue weighted by Crippen LogP contribution is -2.50. The monoisotopic (exact) mass is 430 g/mol. The van der Waals surface area contributed by atoms with Gasteiger partial charge in [-0.1, -0.05) is 12.8 Å². The van der Waals surface area contributed by atoms with Gasteiger partial charge in [0.2, 0.25) is 17.4 Å². The van der Waals surface area contributed by atoms with Crippen LogP contribution in [0.5, 0.6) is 0 Å². The summed E-state index contributed by atoms with van der Waals surface area (Å²) in [6.45, 7) is 1.91. The predicted molar refractivity (Wildman–Crippen MR) is 102 cm³/mol. The highest BCUT2D eigenvalue weighted by atomic mass is 19.4. The van der Waals surface area contributed by atoms with Crippen LogP contribution in [0.1, 0.15) is 50.8 Å².